The Morgan fingerprint density at radius 3 is 1.29 bits per heavy atom. The fraction of sp³-hybridized carbons (Fsp3) is 0.0556. The molecule has 0 saturated heterocycles. The predicted octanol–water partition coefficient (Wildman–Crippen LogP) is 2.35. The third-order valence-electron chi connectivity index (χ3n) is 2.92. The molecule has 0 N–H and O–H groups in total. The van der Waals surface area contributed by atoms with Crippen molar-refractivity contribution in [3.05, 3.63) is 78.1 Å². The van der Waals surface area contributed by atoms with Crippen molar-refractivity contribution in [3.63, 3.8) is 0 Å². The third kappa shape index (κ3) is 4.36. The van der Waals surface area contributed by atoms with Gasteiger partial charge in [0, 0.05) is 18.1 Å². The van der Waals surface area contributed by atoms with E-state index in [1.165, 1.54) is 24.3 Å². The van der Waals surface area contributed by atoms with Crippen LogP contribution in [0.4, 0.5) is 0 Å². The summed E-state index contributed by atoms with van der Waals surface area (Å²) in [5, 5.41) is 0. The minimum Gasteiger partial charge on any atom is -0.409 e. The maximum atomic E-state index is 11.8. The molecule has 2 aromatic carbocycles. The number of Topliss-reactive ketones (excluding diaryl/α,β-unsaturated/α-hetero) is 2. The lowest BCUT2D eigenvalue weighted by molar-refractivity contribution is -0.157. The number of carbonyl (C=O) groups excluding carboxylic acids is 4. The predicted molar refractivity (Wildman–Crippen MR) is 82.6 cm³/mol. The lowest BCUT2D eigenvalue weighted by Gasteiger charge is -2.11. The summed E-state index contributed by atoms with van der Waals surface area (Å²) in [7, 11) is 0. The minimum atomic E-state index is -1.21. The Morgan fingerprint density at radius 2 is 0.958 bits per heavy atom. The van der Waals surface area contributed by atoms with Crippen molar-refractivity contribution in [1.29, 1.82) is 0 Å². The number of carbonyl (C=O) groups is 4. The van der Waals surface area contributed by atoms with Gasteiger partial charge in [0.25, 0.3) is 11.6 Å². The molecule has 121 valence electrons. The zero-order valence-electron chi connectivity index (χ0n) is 12.7. The molecular formula is C18H13O6. The minimum absolute atomic E-state index is 0.141. The molecule has 24 heavy (non-hydrogen) atoms. The van der Waals surface area contributed by atoms with Gasteiger partial charge < -0.3 is 9.47 Å². The third-order valence-corrected chi connectivity index (χ3v) is 2.92. The molecular weight excluding hydrogens is 312 g/mol. The second kappa shape index (κ2) is 7.82. The fourth-order valence-corrected chi connectivity index (χ4v) is 1.79. The zero-order valence-corrected chi connectivity index (χ0v) is 12.7. The Kier molecular flexibility index (Phi) is 5.57. The first-order chi connectivity index (χ1) is 11.5. The monoisotopic (exact) mass is 325 g/mol. The molecule has 0 saturated carbocycles. The highest BCUT2D eigenvalue weighted by Gasteiger charge is 2.26. The molecule has 2 rings (SSSR count). The molecule has 0 atom stereocenters. The quantitative estimate of drug-likeness (QED) is 0.460. The molecule has 0 heterocycles. The number of rotatable bonds is 6. The average molecular weight is 325 g/mol. The summed E-state index contributed by atoms with van der Waals surface area (Å²) in [6.07, 6.45) is -0.501. The highest BCUT2D eigenvalue weighted by Crippen LogP contribution is 2.10. The van der Waals surface area contributed by atoms with Gasteiger partial charge in [-0.25, -0.2) is 9.59 Å². The zero-order chi connectivity index (χ0) is 17.5. The highest BCUT2D eigenvalue weighted by atomic mass is 16.7. The molecule has 0 unspecified atom stereocenters. The Bertz CT molecular complexity index is 686. The van der Waals surface area contributed by atoms with Crippen molar-refractivity contribution in [3.8, 4) is 0 Å². The van der Waals surface area contributed by atoms with Crippen LogP contribution in [-0.2, 0) is 19.1 Å². The van der Waals surface area contributed by atoms with E-state index in [0.29, 0.717) is 0 Å². The smallest absolute Gasteiger partial charge is 0.383 e. The van der Waals surface area contributed by atoms with Gasteiger partial charge in [0.1, 0.15) is 0 Å². The van der Waals surface area contributed by atoms with Crippen LogP contribution >= 0.6 is 0 Å². The summed E-state index contributed by atoms with van der Waals surface area (Å²) in [5.74, 6) is -4.20. The Labute approximate surface area is 138 Å². The number of benzene rings is 2. The SMILES string of the molecule is C[C](OC(=O)C(=O)c1ccccc1)OC(=O)C(=O)c1ccccc1. The second-order valence-electron chi connectivity index (χ2n) is 4.66. The molecule has 0 fully saturated rings. The Morgan fingerprint density at radius 1 is 0.625 bits per heavy atom. The fourth-order valence-electron chi connectivity index (χ4n) is 1.79. The number of hydrogen-bond acceptors (Lipinski definition) is 6. The lowest BCUT2D eigenvalue weighted by Crippen LogP contribution is -2.25. The van der Waals surface area contributed by atoms with Gasteiger partial charge in [0.2, 0.25) is 0 Å². The maximum absolute atomic E-state index is 11.8. The Balaban J connectivity index is 1.92. The molecule has 0 spiro atoms. The van der Waals surface area contributed by atoms with Gasteiger partial charge in [-0.3, -0.25) is 9.59 Å². The van der Waals surface area contributed by atoms with E-state index >= 15 is 0 Å². The summed E-state index contributed by atoms with van der Waals surface area (Å²) >= 11 is 0. The Hall–Kier alpha value is -3.28. The van der Waals surface area contributed by atoms with E-state index in [-0.39, 0.29) is 11.1 Å². The van der Waals surface area contributed by atoms with Gasteiger partial charge in [0.15, 0.2) is 0 Å². The van der Waals surface area contributed by atoms with Gasteiger partial charge in [-0.15, -0.1) is 0 Å². The van der Waals surface area contributed by atoms with E-state index in [9.17, 15) is 19.2 Å². The van der Waals surface area contributed by atoms with Crippen LogP contribution in [0, 0.1) is 6.29 Å². The molecule has 1 radical (unpaired) electrons. The average Bonchev–Trinajstić information content (AvgIpc) is 2.61. The van der Waals surface area contributed by atoms with E-state index in [4.69, 9.17) is 0 Å². The lowest BCUT2D eigenvalue weighted by atomic mass is 10.1. The molecule has 6 nitrogen and oxygen atoms in total. The van der Waals surface area contributed by atoms with Gasteiger partial charge in [-0.05, 0) is 0 Å². The summed E-state index contributed by atoms with van der Waals surface area (Å²) in [6, 6.07) is 15.5. The molecule has 2 aromatic rings. The van der Waals surface area contributed by atoms with Gasteiger partial charge in [-0.2, -0.15) is 0 Å². The van der Waals surface area contributed by atoms with Gasteiger partial charge >= 0.3 is 18.2 Å². The van der Waals surface area contributed by atoms with Crippen molar-refractivity contribution in [2.24, 2.45) is 0 Å². The van der Waals surface area contributed by atoms with Crippen LogP contribution in [0.3, 0.4) is 0 Å². The summed E-state index contributed by atoms with van der Waals surface area (Å²) < 4.78 is 9.31. The van der Waals surface area contributed by atoms with Crippen LogP contribution in [0.25, 0.3) is 0 Å². The van der Waals surface area contributed by atoms with E-state index < -0.39 is 29.8 Å². The number of ether oxygens (including phenoxy) is 2. The van der Waals surface area contributed by atoms with Crippen LogP contribution in [0.15, 0.2) is 60.7 Å². The maximum Gasteiger partial charge on any atom is 0.383 e. The van der Waals surface area contributed by atoms with Crippen LogP contribution < -0.4 is 0 Å². The first-order valence-corrected chi connectivity index (χ1v) is 6.95. The second-order valence-corrected chi connectivity index (χ2v) is 4.66. The molecule has 0 amide bonds. The molecule has 6 heteroatoms. The van der Waals surface area contributed by atoms with E-state index in [1.807, 2.05) is 0 Å². The first kappa shape index (κ1) is 17.1. The molecule has 0 aliphatic rings. The van der Waals surface area contributed by atoms with Crippen LogP contribution in [0.2, 0.25) is 0 Å². The summed E-state index contributed by atoms with van der Waals surface area (Å²) in [6.45, 7) is 1.16. The number of ketones is 2. The molecule has 0 aliphatic carbocycles. The van der Waals surface area contributed by atoms with E-state index in [2.05, 4.69) is 9.47 Å². The normalized spacial score (nSPS) is 10.1. The molecule has 0 aliphatic heterocycles. The van der Waals surface area contributed by atoms with Gasteiger partial charge in [-0.1, -0.05) is 60.7 Å². The summed E-state index contributed by atoms with van der Waals surface area (Å²) in [5.41, 5.74) is 0.281. The number of hydrogen-bond donors (Lipinski definition) is 0. The van der Waals surface area contributed by atoms with Crippen molar-refractivity contribution in [1.82, 2.24) is 0 Å². The van der Waals surface area contributed by atoms with Crippen molar-refractivity contribution in [2.75, 3.05) is 0 Å². The molecule has 0 aromatic heterocycles. The largest absolute Gasteiger partial charge is 0.409 e. The van der Waals surface area contributed by atoms with Crippen molar-refractivity contribution < 1.29 is 28.7 Å². The standard InChI is InChI=1S/C18H13O6/c1-12(23-17(21)15(19)13-8-4-2-5-9-13)24-18(22)16(20)14-10-6-3-7-11-14/h2-11H,1H3. The molecule has 0 bridgehead atoms. The van der Waals surface area contributed by atoms with Crippen LogP contribution in [0.5, 0.6) is 0 Å². The van der Waals surface area contributed by atoms with E-state index in [0.717, 1.165) is 6.92 Å². The topological polar surface area (TPSA) is 86.7 Å². The van der Waals surface area contributed by atoms with Crippen molar-refractivity contribution >= 4 is 23.5 Å². The number of esters is 2. The van der Waals surface area contributed by atoms with Crippen LogP contribution in [-0.4, -0.2) is 23.5 Å². The van der Waals surface area contributed by atoms with Crippen molar-refractivity contribution in [2.45, 2.75) is 6.92 Å². The van der Waals surface area contributed by atoms with E-state index in [1.54, 1.807) is 36.4 Å². The summed E-state index contributed by atoms with van der Waals surface area (Å²) in [4.78, 5) is 47.1. The van der Waals surface area contributed by atoms with Crippen LogP contribution in [0.1, 0.15) is 27.6 Å². The highest BCUT2D eigenvalue weighted by molar-refractivity contribution is 6.41. The van der Waals surface area contributed by atoms with Gasteiger partial charge in [0.05, 0.1) is 0 Å². The first-order valence-electron chi connectivity index (χ1n) is 6.95.